The lowest BCUT2D eigenvalue weighted by atomic mass is 9.70. The normalized spacial score (nSPS) is 32.4. The maximum absolute atomic E-state index is 13.4. The van der Waals surface area contributed by atoms with Crippen LogP contribution in [0.5, 0.6) is 0 Å². The Kier molecular flexibility index (Phi) is 4.86. The number of anilines is 1. The number of aryl methyl sites for hydroxylation is 2. The summed E-state index contributed by atoms with van der Waals surface area (Å²) in [6, 6.07) is 4.89. The summed E-state index contributed by atoms with van der Waals surface area (Å²) in [6.45, 7) is 3.60. The van der Waals surface area contributed by atoms with Crippen LogP contribution in [0.1, 0.15) is 24.0 Å². The van der Waals surface area contributed by atoms with Gasteiger partial charge in [-0.25, -0.2) is 0 Å². The fourth-order valence-corrected chi connectivity index (χ4v) is 5.34. The highest BCUT2D eigenvalue weighted by atomic mass is 16.5. The molecule has 0 aromatic heterocycles. The Hall–Kier alpha value is -2.45. The summed E-state index contributed by atoms with van der Waals surface area (Å²) >= 11 is 0. The Morgan fingerprint density at radius 3 is 2.76 bits per heavy atom. The molecule has 4 rings (SSSR count). The van der Waals surface area contributed by atoms with Gasteiger partial charge in [0.25, 0.3) is 0 Å². The molecule has 0 aliphatic carbocycles. The molecule has 3 saturated heterocycles. The van der Waals surface area contributed by atoms with E-state index in [-0.39, 0.29) is 37.0 Å². The van der Waals surface area contributed by atoms with Gasteiger partial charge in [0.05, 0.1) is 24.5 Å². The van der Waals surface area contributed by atoms with Crippen molar-refractivity contribution in [2.45, 2.75) is 44.4 Å². The van der Waals surface area contributed by atoms with Gasteiger partial charge >= 0.3 is 0 Å². The second-order valence-electron chi connectivity index (χ2n) is 8.23. The molecule has 8 heteroatoms. The van der Waals surface area contributed by atoms with Crippen LogP contribution in [0.3, 0.4) is 0 Å². The number of carbonyl (C=O) groups excluding carboxylic acids is 3. The largest absolute Gasteiger partial charge is 0.395 e. The predicted octanol–water partition coefficient (Wildman–Crippen LogP) is 0.355. The fraction of sp³-hybridized carbons (Fsp3) is 0.571. The molecule has 156 valence electrons. The average molecular weight is 401 g/mol. The summed E-state index contributed by atoms with van der Waals surface area (Å²) in [5.41, 5.74) is 1.57. The minimum Gasteiger partial charge on any atom is -0.395 e. The standard InChI is InChI=1S/C21H27N3O5/c1-11-4-5-12(2)13(10-11)23-19(27)17-21-7-6-14(29-21)15(18(26)22-3)16(21)20(28)24(17)8-9-25/h4-5,10,14-17,25H,6-9H2,1-3H3,(H,22,26)(H,23,27)/t14-,15+,16-,17?,21?/m0/s1. The SMILES string of the molecule is CNC(=O)[C@@H]1[C@@H]2CCC3(O2)C(C(=O)Nc2cc(C)ccc2C)N(CCO)C(=O)[C@H]13. The maximum atomic E-state index is 13.4. The van der Waals surface area contributed by atoms with Crippen molar-refractivity contribution in [2.24, 2.45) is 11.8 Å². The number of hydrogen-bond acceptors (Lipinski definition) is 5. The van der Waals surface area contributed by atoms with E-state index in [4.69, 9.17) is 4.74 Å². The summed E-state index contributed by atoms with van der Waals surface area (Å²) in [6.07, 6.45) is 0.799. The Bertz CT molecular complexity index is 872. The molecule has 2 bridgehead atoms. The van der Waals surface area contributed by atoms with Gasteiger partial charge < -0.3 is 25.4 Å². The number of nitrogens with zero attached hydrogens (tertiary/aromatic N) is 1. The highest BCUT2D eigenvalue weighted by Crippen LogP contribution is 2.58. The summed E-state index contributed by atoms with van der Waals surface area (Å²) in [7, 11) is 1.54. The summed E-state index contributed by atoms with van der Waals surface area (Å²) < 4.78 is 6.23. The molecule has 0 radical (unpaired) electrons. The van der Waals surface area contributed by atoms with Crippen LogP contribution in [0.4, 0.5) is 5.69 Å². The molecule has 2 unspecified atom stereocenters. The van der Waals surface area contributed by atoms with Crippen molar-refractivity contribution in [1.29, 1.82) is 0 Å². The first kappa shape index (κ1) is 19.8. The quantitative estimate of drug-likeness (QED) is 0.660. The molecule has 3 amide bonds. The van der Waals surface area contributed by atoms with Gasteiger partial charge in [-0.3, -0.25) is 14.4 Å². The van der Waals surface area contributed by atoms with E-state index < -0.39 is 23.5 Å². The third-order valence-corrected chi connectivity index (χ3v) is 6.59. The number of nitrogens with one attached hydrogen (secondary N) is 2. The number of β-amino-alcohol motifs (C(OH)–C–C–N with tert-alkyl or cyclic N) is 1. The topological polar surface area (TPSA) is 108 Å². The number of hydrogen-bond donors (Lipinski definition) is 3. The number of aliphatic hydroxyl groups excluding tert-OH is 1. The van der Waals surface area contributed by atoms with E-state index >= 15 is 0 Å². The van der Waals surface area contributed by atoms with Gasteiger partial charge in [0.2, 0.25) is 17.7 Å². The molecule has 3 heterocycles. The molecule has 1 aromatic carbocycles. The lowest BCUT2D eigenvalue weighted by Gasteiger charge is -2.33. The predicted molar refractivity (Wildman–Crippen MR) is 105 cm³/mol. The van der Waals surface area contributed by atoms with Gasteiger partial charge in [-0.1, -0.05) is 12.1 Å². The molecule has 5 atom stereocenters. The van der Waals surface area contributed by atoms with E-state index in [0.717, 1.165) is 11.1 Å². The average Bonchev–Trinajstić information content (AvgIpc) is 3.32. The minimum absolute atomic E-state index is 0.0243. The van der Waals surface area contributed by atoms with Gasteiger partial charge in [-0.2, -0.15) is 0 Å². The number of rotatable bonds is 5. The zero-order chi connectivity index (χ0) is 20.9. The van der Waals surface area contributed by atoms with Crippen molar-refractivity contribution in [3.63, 3.8) is 0 Å². The van der Waals surface area contributed by atoms with Gasteiger partial charge in [0, 0.05) is 19.3 Å². The monoisotopic (exact) mass is 401 g/mol. The molecule has 3 aliphatic heterocycles. The van der Waals surface area contributed by atoms with Crippen LogP contribution in [-0.4, -0.2) is 65.7 Å². The smallest absolute Gasteiger partial charge is 0.250 e. The van der Waals surface area contributed by atoms with Crippen molar-refractivity contribution < 1.29 is 24.2 Å². The highest BCUT2D eigenvalue weighted by molar-refractivity contribution is 6.03. The maximum Gasteiger partial charge on any atom is 0.250 e. The van der Waals surface area contributed by atoms with Gasteiger partial charge in [0.1, 0.15) is 11.6 Å². The number of aliphatic hydroxyl groups is 1. The van der Waals surface area contributed by atoms with Crippen LogP contribution in [0.15, 0.2) is 18.2 Å². The van der Waals surface area contributed by atoms with E-state index in [1.54, 1.807) is 0 Å². The molecule has 3 N–H and O–H groups in total. The van der Waals surface area contributed by atoms with E-state index in [2.05, 4.69) is 10.6 Å². The van der Waals surface area contributed by atoms with Crippen LogP contribution in [0, 0.1) is 25.7 Å². The highest BCUT2D eigenvalue weighted by Gasteiger charge is 2.74. The van der Waals surface area contributed by atoms with Crippen molar-refractivity contribution >= 4 is 23.4 Å². The zero-order valence-electron chi connectivity index (χ0n) is 16.9. The number of carbonyl (C=O) groups is 3. The summed E-state index contributed by atoms with van der Waals surface area (Å²) in [5.74, 6) is -2.20. The minimum atomic E-state index is -1.03. The molecule has 1 aromatic rings. The second kappa shape index (κ2) is 7.11. The van der Waals surface area contributed by atoms with Crippen LogP contribution < -0.4 is 10.6 Å². The van der Waals surface area contributed by atoms with Gasteiger partial charge in [-0.05, 0) is 43.9 Å². The molecule has 3 aliphatic rings. The van der Waals surface area contributed by atoms with Crippen molar-refractivity contribution in [3.05, 3.63) is 29.3 Å². The first-order valence-electron chi connectivity index (χ1n) is 10.0. The molecule has 29 heavy (non-hydrogen) atoms. The van der Waals surface area contributed by atoms with Gasteiger partial charge in [0.15, 0.2) is 0 Å². The van der Waals surface area contributed by atoms with Crippen LogP contribution in [0.2, 0.25) is 0 Å². The Morgan fingerprint density at radius 1 is 1.31 bits per heavy atom. The Labute approximate surface area is 169 Å². The van der Waals surface area contributed by atoms with Crippen molar-refractivity contribution in [2.75, 3.05) is 25.5 Å². The van der Waals surface area contributed by atoms with Crippen molar-refractivity contribution in [3.8, 4) is 0 Å². The first-order valence-corrected chi connectivity index (χ1v) is 10.0. The summed E-state index contributed by atoms with van der Waals surface area (Å²) in [5, 5.41) is 15.1. The molecule has 0 saturated carbocycles. The Morgan fingerprint density at radius 2 is 2.07 bits per heavy atom. The zero-order valence-corrected chi connectivity index (χ0v) is 16.9. The lowest BCUT2D eigenvalue weighted by molar-refractivity contribution is -0.141. The number of amides is 3. The van der Waals surface area contributed by atoms with E-state index in [0.29, 0.717) is 18.5 Å². The number of benzene rings is 1. The second-order valence-corrected chi connectivity index (χ2v) is 8.23. The third-order valence-electron chi connectivity index (χ3n) is 6.59. The third kappa shape index (κ3) is 2.85. The Balaban J connectivity index is 1.71. The van der Waals surface area contributed by atoms with E-state index in [9.17, 15) is 19.5 Å². The van der Waals surface area contributed by atoms with Crippen LogP contribution in [-0.2, 0) is 19.1 Å². The number of fused-ring (bicyclic) bond motifs is 1. The number of likely N-dealkylation sites (tertiary alicyclic amines) is 1. The molecule has 1 spiro atoms. The first-order chi connectivity index (χ1) is 13.8. The van der Waals surface area contributed by atoms with Gasteiger partial charge in [-0.15, -0.1) is 0 Å². The fourth-order valence-electron chi connectivity index (χ4n) is 5.34. The molecular weight excluding hydrogens is 374 g/mol. The number of ether oxygens (including phenoxy) is 1. The van der Waals surface area contributed by atoms with E-state index in [1.165, 1.54) is 11.9 Å². The van der Waals surface area contributed by atoms with Crippen molar-refractivity contribution in [1.82, 2.24) is 10.2 Å². The molecule has 3 fully saturated rings. The molecule has 8 nitrogen and oxygen atoms in total. The van der Waals surface area contributed by atoms with Crippen LogP contribution >= 0.6 is 0 Å². The summed E-state index contributed by atoms with van der Waals surface area (Å²) in [4.78, 5) is 40.6. The van der Waals surface area contributed by atoms with Crippen LogP contribution in [0.25, 0.3) is 0 Å². The lowest BCUT2D eigenvalue weighted by Crippen LogP contribution is -2.53. The van der Waals surface area contributed by atoms with E-state index in [1.807, 2.05) is 32.0 Å². The molecular formula is C21H27N3O5.